The van der Waals surface area contributed by atoms with Crippen LogP contribution in [0.1, 0.15) is 55.3 Å². The number of hydrogen-bond acceptors (Lipinski definition) is 6. The Morgan fingerprint density at radius 1 is 1.37 bits per heavy atom. The van der Waals surface area contributed by atoms with E-state index in [9.17, 15) is 23.1 Å². The molecule has 1 aliphatic carbocycles. The number of anilines is 1. The van der Waals surface area contributed by atoms with E-state index in [2.05, 4.69) is 10.3 Å². The third-order valence-corrected chi connectivity index (χ3v) is 6.24. The third kappa shape index (κ3) is 5.87. The minimum Gasteiger partial charge on any atom is -0.386 e. The summed E-state index contributed by atoms with van der Waals surface area (Å²) < 4.78 is 40.1. The first kappa shape index (κ1) is 24.4. The molecule has 0 fully saturated rings. The summed E-state index contributed by atoms with van der Waals surface area (Å²) in [5.41, 5.74) is 5.61. The standard InChI is InChI=1S/C12H14F3N3O.C7H11NOS2/c1-2-6-9(18-11(16)19)7-4-3-5-8(7)17-10(6)12(13,14)15;1-7(2,9)5-3-6(11-8)10-4-5/h2-5H2,1H3,(H3,16,17,18,19);3-4,9H,8H2,1-2H3. The van der Waals surface area contributed by atoms with Gasteiger partial charge in [0.1, 0.15) is 5.69 Å². The Hall–Kier alpha value is -1.82. The average Bonchev–Trinajstić information content (AvgIpc) is 3.29. The highest BCUT2D eigenvalue weighted by atomic mass is 32.2. The highest BCUT2D eigenvalue weighted by Gasteiger charge is 2.38. The number of carbonyl (C=O) groups is 1. The van der Waals surface area contributed by atoms with E-state index < -0.39 is 23.5 Å². The molecule has 6 nitrogen and oxygen atoms in total. The number of carbonyl (C=O) groups excluding carboxylic acids is 1. The molecule has 0 spiro atoms. The second kappa shape index (κ2) is 9.54. The van der Waals surface area contributed by atoms with Crippen molar-refractivity contribution in [3.63, 3.8) is 0 Å². The van der Waals surface area contributed by atoms with Gasteiger partial charge >= 0.3 is 12.2 Å². The Morgan fingerprint density at radius 3 is 2.47 bits per heavy atom. The number of alkyl halides is 3. The third-order valence-electron chi connectivity index (χ3n) is 4.59. The van der Waals surface area contributed by atoms with Gasteiger partial charge in [-0.1, -0.05) is 6.92 Å². The lowest BCUT2D eigenvalue weighted by Crippen LogP contribution is -2.24. The van der Waals surface area contributed by atoms with E-state index in [4.69, 9.17) is 10.9 Å². The zero-order valence-corrected chi connectivity index (χ0v) is 18.5. The van der Waals surface area contributed by atoms with Crippen molar-refractivity contribution < 1.29 is 23.1 Å². The maximum absolute atomic E-state index is 13.0. The number of nitrogens with one attached hydrogen (secondary N) is 1. The van der Waals surface area contributed by atoms with Gasteiger partial charge in [0.05, 0.1) is 15.5 Å². The van der Waals surface area contributed by atoms with Crippen LogP contribution in [-0.4, -0.2) is 16.1 Å². The number of pyridine rings is 1. The van der Waals surface area contributed by atoms with Crippen LogP contribution in [-0.2, 0) is 31.0 Å². The number of halogens is 3. The number of fused-ring (bicyclic) bond motifs is 1. The molecule has 6 N–H and O–H groups in total. The lowest BCUT2D eigenvalue weighted by atomic mass is 10.0. The van der Waals surface area contributed by atoms with Gasteiger partial charge in [-0.15, -0.1) is 11.3 Å². The fourth-order valence-electron chi connectivity index (χ4n) is 3.18. The number of amides is 2. The van der Waals surface area contributed by atoms with Gasteiger partial charge in [-0.2, -0.15) is 13.2 Å². The van der Waals surface area contributed by atoms with Crippen molar-refractivity contribution in [1.82, 2.24) is 4.98 Å². The predicted molar refractivity (Wildman–Crippen MR) is 113 cm³/mol. The first-order chi connectivity index (χ1) is 13.9. The number of rotatable bonds is 4. The molecule has 0 atom stereocenters. The maximum Gasteiger partial charge on any atom is 0.433 e. The highest BCUT2D eigenvalue weighted by molar-refractivity contribution is 7.99. The molecule has 11 heteroatoms. The van der Waals surface area contributed by atoms with Crippen LogP contribution in [0.5, 0.6) is 0 Å². The topological polar surface area (TPSA) is 114 Å². The summed E-state index contributed by atoms with van der Waals surface area (Å²) in [4.78, 5) is 14.8. The number of thiophene rings is 1. The number of nitrogens with two attached hydrogens (primary N) is 2. The normalized spacial score (nSPS) is 13.5. The average molecular weight is 463 g/mol. The molecule has 2 amide bonds. The van der Waals surface area contributed by atoms with E-state index in [0.29, 0.717) is 24.1 Å². The van der Waals surface area contributed by atoms with Gasteiger partial charge in [0.15, 0.2) is 0 Å². The van der Waals surface area contributed by atoms with Gasteiger partial charge in [0, 0.05) is 11.3 Å². The fourth-order valence-corrected chi connectivity index (χ4v) is 4.53. The summed E-state index contributed by atoms with van der Waals surface area (Å²) in [5.74, 6) is 0. The van der Waals surface area contributed by atoms with Crippen molar-refractivity contribution in [2.75, 3.05) is 5.32 Å². The molecule has 0 saturated carbocycles. The molecule has 0 aromatic carbocycles. The van der Waals surface area contributed by atoms with Gasteiger partial charge in [-0.25, -0.2) is 9.78 Å². The van der Waals surface area contributed by atoms with E-state index in [0.717, 1.165) is 16.2 Å². The minimum absolute atomic E-state index is 0.00644. The van der Waals surface area contributed by atoms with Gasteiger partial charge in [-0.3, -0.25) is 5.14 Å². The Morgan fingerprint density at radius 2 is 2.03 bits per heavy atom. The number of urea groups is 1. The number of aliphatic hydroxyl groups is 1. The Kier molecular flexibility index (Phi) is 7.78. The maximum atomic E-state index is 13.0. The molecule has 2 aromatic heterocycles. The number of aryl methyl sites for hydroxylation is 1. The zero-order valence-electron chi connectivity index (χ0n) is 16.9. The lowest BCUT2D eigenvalue weighted by Gasteiger charge is -2.18. The monoisotopic (exact) mass is 462 g/mol. The smallest absolute Gasteiger partial charge is 0.386 e. The molecular formula is C19H25F3N4O2S2. The van der Waals surface area contributed by atoms with Gasteiger partial charge in [0.25, 0.3) is 0 Å². The van der Waals surface area contributed by atoms with E-state index in [1.807, 2.05) is 11.4 Å². The van der Waals surface area contributed by atoms with Gasteiger partial charge in [0.2, 0.25) is 0 Å². The Balaban J connectivity index is 0.000000248. The van der Waals surface area contributed by atoms with Crippen molar-refractivity contribution in [3.05, 3.63) is 39.5 Å². The molecule has 0 saturated heterocycles. The number of nitrogens with zero attached hydrogens (tertiary/aromatic N) is 1. The number of hydrogen-bond donors (Lipinski definition) is 4. The van der Waals surface area contributed by atoms with E-state index in [1.165, 1.54) is 11.9 Å². The first-order valence-corrected chi connectivity index (χ1v) is 11.0. The Labute approximate surface area is 181 Å². The van der Waals surface area contributed by atoms with Crippen molar-refractivity contribution in [1.29, 1.82) is 0 Å². The van der Waals surface area contributed by atoms with Crippen LogP contribution >= 0.6 is 23.3 Å². The van der Waals surface area contributed by atoms with Crippen molar-refractivity contribution >= 4 is 35.0 Å². The molecule has 1 aliphatic rings. The molecule has 0 radical (unpaired) electrons. The van der Waals surface area contributed by atoms with Crippen LogP contribution in [0.4, 0.5) is 23.7 Å². The van der Waals surface area contributed by atoms with E-state index >= 15 is 0 Å². The second-order valence-electron chi connectivity index (χ2n) is 7.26. The van der Waals surface area contributed by atoms with Crippen LogP contribution < -0.4 is 16.2 Å². The van der Waals surface area contributed by atoms with Gasteiger partial charge < -0.3 is 16.2 Å². The summed E-state index contributed by atoms with van der Waals surface area (Å²) in [6.07, 6.45) is -2.55. The Bertz CT molecular complexity index is 908. The molecule has 0 unspecified atom stereocenters. The quantitative estimate of drug-likeness (QED) is 0.497. The van der Waals surface area contributed by atoms with Crippen LogP contribution in [0.2, 0.25) is 0 Å². The van der Waals surface area contributed by atoms with Crippen LogP contribution in [0.3, 0.4) is 0 Å². The molecule has 166 valence electrons. The zero-order chi connectivity index (χ0) is 22.7. The molecule has 2 heterocycles. The van der Waals surface area contributed by atoms with Crippen LogP contribution in [0.15, 0.2) is 15.7 Å². The second-order valence-corrected chi connectivity index (χ2v) is 9.11. The summed E-state index contributed by atoms with van der Waals surface area (Å²) in [5, 5.41) is 19.2. The lowest BCUT2D eigenvalue weighted by molar-refractivity contribution is -0.141. The molecule has 3 rings (SSSR count). The van der Waals surface area contributed by atoms with Crippen molar-refractivity contribution in [3.8, 4) is 0 Å². The van der Waals surface area contributed by atoms with E-state index in [-0.39, 0.29) is 17.7 Å². The van der Waals surface area contributed by atoms with Crippen molar-refractivity contribution in [2.45, 2.75) is 62.4 Å². The highest BCUT2D eigenvalue weighted by Crippen LogP contribution is 2.39. The summed E-state index contributed by atoms with van der Waals surface area (Å²) in [6.45, 7) is 5.12. The molecular weight excluding hydrogens is 437 g/mol. The van der Waals surface area contributed by atoms with Gasteiger partial charge in [-0.05, 0) is 74.1 Å². The van der Waals surface area contributed by atoms with Crippen LogP contribution in [0, 0.1) is 0 Å². The minimum atomic E-state index is -4.53. The first-order valence-electron chi connectivity index (χ1n) is 9.24. The number of aromatic nitrogens is 1. The SMILES string of the molecule is CC(C)(O)c1csc(SN)c1.CCc1c(C(F)(F)F)nc2c(c1NC(N)=O)CCC2. The fraction of sp³-hybridized carbons (Fsp3) is 0.474. The number of primary amides is 1. The summed E-state index contributed by atoms with van der Waals surface area (Å²) in [6, 6.07) is 1.05. The molecule has 0 bridgehead atoms. The molecule has 0 aliphatic heterocycles. The molecule has 30 heavy (non-hydrogen) atoms. The van der Waals surface area contributed by atoms with E-state index in [1.54, 1.807) is 32.1 Å². The summed E-state index contributed by atoms with van der Waals surface area (Å²) >= 11 is 2.77. The predicted octanol–water partition coefficient (Wildman–Crippen LogP) is 4.58. The molecule has 2 aromatic rings. The van der Waals surface area contributed by atoms with Crippen LogP contribution in [0.25, 0.3) is 0 Å². The largest absolute Gasteiger partial charge is 0.433 e. The van der Waals surface area contributed by atoms with Crippen molar-refractivity contribution in [2.24, 2.45) is 10.9 Å². The summed E-state index contributed by atoms with van der Waals surface area (Å²) in [7, 11) is 0.